The van der Waals surface area contributed by atoms with E-state index in [1.807, 2.05) is 31.2 Å². The van der Waals surface area contributed by atoms with Gasteiger partial charge in [-0.2, -0.15) is 0 Å². The lowest BCUT2D eigenvalue weighted by Crippen LogP contribution is -2.15. The van der Waals surface area contributed by atoms with E-state index < -0.39 is 0 Å². The summed E-state index contributed by atoms with van der Waals surface area (Å²) in [4.78, 5) is 20.9. The number of benzene rings is 2. The van der Waals surface area contributed by atoms with Crippen LogP contribution in [0.2, 0.25) is 5.02 Å². The number of amides is 1. The predicted octanol–water partition coefficient (Wildman–Crippen LogP) is 4.44. The summed E-state index contributed by atoms with van der Waals surface area (Å²) in [6.07, 6.45) is 1.53. The maximum absolute atomic E-state index is 12.5. The second-order valence-corrected chi connectivity index (χ2v) is 5.97. The van der Waals surface area contributed by atoms with Gasteiger partial charge in [0, 0.05) is 28.7 Å². The van der Waals surface area contributed by atoms with Crippen molar-refractivity contribution in [3.8, 4) is 5.75 Å². The van der Waals surface area contributed by atoms with Crippen molar-refractivity contribution in [2.45, 2.75) is 6.92 Å². The highest BCUT2D eigenvalue weighted by Crippen LogP contribution is 2.21. The SMILES string of the molecule is COc1cccc(Nc2nccc(C(=O)Nc3ccc(Cl)cc3C)n2)c1. The number of carbonyl (C=O) groups is 1. The number of halogens is 1. The Hall–Kier alpha value is -3.12. The number of aromatic nitrogens is 2. The zero-order chi connectivity index (χ0) is 18.5. The molecule has 3 aromatic rings. The Balaban J connectivity index is 1.76. The van der Waals surface area contributed by atoms with E-state index in [1.165, 1.54) is 6.20 Å². The molecule has 0 unspecified atom stereocenters. The zero-order valence-electron chi connectivity index (χ0n) is 14.3. The first-order valence-electron chi connectivity index (χ1n) is 7.87. The molecule has 1 heterocycles. The minimum atomic E-state index is -0.327. The van der Waals surface area contributed by atoms with E-state index in [0.29, 0.717) is 22.4 Å². The molecular weight excluding hydrogens is 352 g/mol. The first-order chi connectivity index (χ1) is 12.5. The number of nitrogens with one attached hydrogen (secondary N) is 2. The lowest BCUT2D eigenvalue weighted by Gasteiger charge is -2.10. The smallest absolute Gasteiger partial charge is 0.274 e. The predicted molar refractivity (Wildman–Crippen MR) is 102 cm³/mol. The van der Waals surface area contributed by atoms with Crippen LogP contribution >= 0.6 is 11.6 Å². The first-order valence-corrected chi connectivity index (χ1v) is 8.24. The Morgan fingerprint density at radius 2 is 2.00 bits per heavy atom. The summed E-state index contributed by atoms with van der Waals surface area (Å²) >= 11 is 5.94. The van der Waals surface area contributed by atoms with Crippen LogP contribution in [0.15, 0.2) is 54.7 Å². The molecule has 7 heteroatoms. The monoisotopic (exact) mass is 368 g/mol. The second kappa shape index (κ2) is 7.84. The Morgan fingerprint density at radius 1 is 1.15 bits per heavy atom. The van der Waals surface area contributed by atoms with Crippen LogP contribution in [-0.2, 0) is 0 Å². The normalized spacial score (nSPS) is 10.3. The van der Waals surface area contributed by atoms with Crippen LogP contribution in [0.4, 0.5) is 17.3 Å². The quantitative estimate of drug-likeness (QED) is 0.696. The number of hydrogen-bond donors (Lipinski definition) is 2. The van der Waals surface area contributed by atoms with Crippen molar-refractivity contribution in [3.63, 3.8) is 0 Å². The van der Waals surface area contributed by atoms with Crippen molar-refractivity contribution >= 4 is 34.8 Å². The summed E-state index contributed by atoms with van der Waals surface area (Å²) < 4.78 is 5.19. The summed E-state index contributed by atoms with van der Waals surface area (Å²) in [5.41, 5.74) is 2.56. The number of hydrogen-bond acceptors (Lipinski definition) is 5. The van der Waals surface area contributed by atoms with Gasteiger partial charge in [0.2, 0.25) is 5.95 Å². The van der Waals surface area contributed by atoms with Gasteiger partial charge < -0.3 is 15.4 Å². The third-order valence-corrected chi connectivity index (χ3v) is 3.89. The number of rotatable bonds is 5. The van der Waals surface area contributed by atoms with E-state index in [4.69, 9.17) is 16.3 Å². The highest BCUT2D eigenvalue weighted by atomic mass is 35.5. The van der Waals surface area contributed by atoms with Crippen molar-refractivity contribution in [1.29, 1.82) is 0 Å². The molecule has 2 aromatic carbocycles. The van der Waals surface area contributed by atoms with Crippen LogP contribution in [0.5, 0.6) is 5.75 Å². The van der Waals surface area contributed by atoms with E-state index in [-0.39, 0.29) is 11.6 Å². The third-order valence-electron chi connectivity index (χ3n) is 3.65. The summed E-state index contributed by atoms with van der Waals surface area (Å²) in [5, 5.41) is 6.50. The Bertz CT molecular complexity index is 946. The van der Waals surface area contributed by atoms with Gasteiger partial charge in [-0.25, -0.2) is 9.97 Å². The molecule has 0 radical (unpaired) electrons. The van der Waals surface area contributed by atoms with Gasteiger partial charge in [-0.05, 0) is 48.9 Å². The number of carbonyl (C=O) groups excluding carboxylic acids is 1. The second-order valence-electron chi connectivity index (χ2n) is 5.54. The number of anilines is 3. The van der Waals surface area contributed by atoms with E-state index in [0.717, 1.165) is 11.3 Å². The maximum Gasteiger partial charge on any atom is 0.274 e. The van der Waals surface area contributed by atoms with Crippen LogP contribution in [0.3, 0.4) is 0 Å². The number of aryl methyl sites for hydroxylation is 1. The summed E-state index contributed by atoms with van der Waals surface area (Å²) in [7, 11) is 1.60. The maximum atomic E-state index is 12.5. The average Bonchev–Trinajstić information content (AvgIpc) is 2.64. The van der Waals surface area contributed by atoms with Crippen LogP contribution in [-0.4, -0.2) is 23.0 Å². The Labute approximate surface area is 156 Å². The van der Waals surface area contributed by atoms with Crippen molar-refractivity contribution in [2.75, 3.05) is 17.7 Å². The van der Waals surface area contributed by atoms with Gasteiger partial charge in [0.05, 0.1) is 7.11 Å². The van der Waals surface area contributed by atoms with E-state index >= 15 is 0 Å². The standard InChI is InChI=1S/C19H17ClN4O2/c1-12-10-13(20)6-7-16(12)23-18(25)17-8-9-21-19(24-17)22-14-4-3-5-15(11-14)26-2/h3-11H,1-2H3,(H,23,25)(H,21,22,24). The van der Waals surface area contributed by atoms with Gasteiger partial charge in [0.25, 0.3) is 5.91 Å². The van der Waals surface area contributed by atoms with E-state index in [2.05, 4.69) is 20.6 Å². The molecule has 3 rings (SSSR count). The number of nitrogens with zero attached hydrogens (tertiary/aromatic N) is 2. The molecule has 0 atom stereocenters. The molecule has 0 spiro atoms. The molecule has 6 nitrogen and oxygen atoms in total. The van der Waals surface area contributed by atoms with Crippen LogP contribution < -0.4 is 15.4 Å². The molecule has 132 valence electrons. The Morgan fingerprint density at radius 3 is 2.77 bits per heavy atom. The molecule has 0 saturated heterocycles. The fraction of sp³-hybridized carbons (Fsp3) is 0.105. The van der Waals surface area contributed by atoms with Crippen molar-refractivity contribution in [2.24, 2.45) is 0 Å². The molecule has 0 aliphatic carbocycles. The van der Waals surface area contributed by atoms with Crippen LogP contribution in [0.25, 0.3) is 0 Å². The lowest BCUT2D eigenvalue weighted by atomic mass is 10.2. The number of methoxy groups -OCH3 is 1. The van der Waals surface area contributed by atoms with Crippen LogP contribution in [0, 0.1) is 6.92 Å². The highest BCUT2D eigenvalue weighted by molar-refractivity contribution is 6.30. The first kappa shape index (κ1) is 17.7. The molecule has 2 N–H and O–H groups in total. The van der Waals surface area contributed by atoms with Crippen molar-refractivity contribution in [3.05, 3.63) is 71.0 Å². The number of ether oxygens (including phenoxy) is 1. The minimum absolute atomic E-state index is 0.250. The topological polar surface area (TPSA) is 76.1 Å². The average molecular weight is 369 g/mol. The van der Waals surface area contributed by atoms with Gasteiger partial charge in [-0.15, -0.1) is 0 Å². The molecule has 0 aliphatic heterocycles. The van der Waals surface area contributed by atoms with Gasteiger partial charge in [-0.1, -0.05) is 17.7 Å². The minimum Gasteiger partial charge on any atom is -0.497 e. The molecule has 1 aromatic heterocycles. The molecule has 0 fully saturated rings. The summed E-state index contributed by atoms with van der Waals surface area (Å²) in [6.45, 7) is 1.87. The van der Waals surface area contributed by atoms with Gasteiger partial charge in [0.1, 0.15) is 11.4 Å². The van der Waals surface area contributed by atoms with Crippen molar-refractivity contribution in [1.82, 2.24) is 9.97 Å². The fourth-order valence-electron chi connectivity index (χ4n) is 2.33. The van der Waals surface area contributed by atoms with Gasteiger partial charge >= 0.3 is 0 Å². The molecule has 1 amide bonds. The molecule has 0 bridgehead atoms. The van der Waals surface area contributed by atoms with Gasteiger partial charge in [0.15, 0.2) is 0 Å². The molecule has 0 aliphatic rings. The molecular formula is C19H17ClN4O2. The molecule has 26 heavy (non-hydrogen) atoms. The summed E-state index contributed by atoms with van der Waals surface area (Å²) in [5.74, 6) is 0.701. The van der Waals surface area contributed by atoms with E-state index in [1.54, 1.807) is 31.4 Å². The third kappa shape index (κ3) is 4.29. The highest BCUT2D eigenvalue weighted by Gasteiger charge is 2.11. The van der Waals surface area contributed by atoms with Crippen LogP contribution in [0.1, 0.15) is 16.1 Å². The Kier molecular flexibility index (Phi) is 5.34. The van der Waals surface area contributed by atoms with E-state index in [9.17, 15) is 4.79 Å². The summed E-state index contributed by atoms with van der Waals surface area (Å²) in [6, 6.07) is 14.2. The molecule has 0 saturated carbocycles. The van der Waals surface area contributed by atoms with Gasteiger partial charge in [-0.3, -0.25) is 4.79 Å². The zero-order valence-corrected chi connectivity index (χ0v) is 15.0. The lowest BCUT2D eigenvalue weighted by molar-refractivity contribution is 0.102. The van der Waals surface area contributed by atoms with Crippen molar-refractivity contribution < 1.29 is 9.53 Å². The fourth-order valence-corrected chi connectivity index (χ4v) is 2.56. The largest absolute Gasteiger partial charge is 0.497 e.